The summed E-state index contributed by atoms with van der Waals surface area (Å²) in [6.45, 7) is 5.00. The molecule has 1 saturated heterocycles. The number of β-amino-alcohol motifs (C(OH)–C–C–N with tert-alkyl or cyclic N) is 1. The van der Waals surface area contributed by atoms with Crippen molar-refractivity contribution in [3.8, 4) is 0 Å². The number of aliphatic hydroxyl groups excluding tert-OH is 1. The first kappa shape index (κ1) is 9.44. The third-order valence-electron chi connectivity index (χ3n) is 2.98. The molecule has 3 heteroatoms. The smallest absolute Gasteiger partial charge is 0.0639 e. The van der Waals surface area contributed by atoms with Crippen LogP contribution in [0.5, 0.6) is 0 Å². The van der Waals surface area contributed by atoms with E-state index in [2.05, 4.69) is 10.2 Å². The van der Waals surface area contributed by atoms with Crippen molar-refractivity contribution in [1.82, 2.24) is 10.2 Å². The van der Waals surface area contributed by atoms with E-state index in [1.54, 1.807) is 0 Å². The van der Waals surface area contributed by atoms with Crippen LogP contribution in [0.3, 0.4) is 0 Å². The summed E-state index contributed by atoms with van der Waals surface area (Å²) >= 11 is 0. The van der Waals surface area contributed by atoms with Crippen LogP contribution in [-0.2, 0) is 0 Å². The maximum atomic E-state index is 9.23. The third-order valence-corrected chi connectivity index (χ3v) is 2.98. The number of aliphatic hydroxyl groups is 1. The quantitative estimate of drug-likeness (QED) is 0.640. The Kier molecular flexibility index (Phi) is 2.86. The number of hydrogen-bond donors (Lipinski definition) is 2. The van der Waals surface area contributed by atoms with Gasteiger partial charge in [-0.3, -0.25) is 4.90 Å². The molecule has 2 atom stereocenters. The summed E-state index contributed by atoms with van der Waals surface area (Å²) in [6.07, 6.45) is 3.85. The lowest BCUT2D eigenvalue weighted by Crippen LogP contribution is -2.54. The number of nitrogens with zero attached hydrogens (tertiary/aromatic N) is 1. The fourth-order valence-electron chi connectivity index (χ4n) is 1.90. The Hall–Kier alpha value is -0.120. The van der Waals surface area contributed by atoms with Crippen LogP contribution in [-0.4, -0.2) is 47.8 Å². The summed E-state index contributed by atoms with van der Waals surface area (Å²) < 4.78 is 0. The Bertz CT molecular complexity index is 168. The molecule has 76 valence electrons. The second-order valence-corrected chi connectivity index (χ2v) is 4.47. The molecule has 0 aromatic heterocycles. The average molecular weight is 184 g/mol. The summed E-state index contributed by atoms with van der Waals surface area (Å²) in [5.74, 6) is 0. The Morgan fingerprint density at radius 2 is 2.23 bits per heavy atom. The third kappa shape index (κ3) is 2.66. The second-order valence-electron chi connectivity index (χ2n) is 4.47. The molecule has 2 fully saturated rings. The molecule has 2 N–H and O–H groups in total. The van der Waals surface area contributed by atoms with Gasteiger partial charge in [-0.1, -0.05) is 0 Å². The summed E-state index contributed by atoms with van der Waals surface area (Å²) in [4.78, 5) is 2.38. The van der Waals surface area contributed by atoms with E-state index in [4.69, 9.17) is 0 Å². The zero-order chi connectivity index (χ0) is 9.26. The van der Waals surface area contributed by atoms with Crippen LogP contribution >= 0.6 is 0 Å². The van der Waals surface area contributed by atoms with Crippen LogP contribution in [0.1, 0.15) is 26.2 Å². The van der Waals surface area contributed by atoms with Gasteiger partial charge in [-0.2, -0.15) is 0 Å². The first-order valence-corrected chi connectivity index (χ1v) is 5.41. The average Bonchev–Trinajstić information content (AvgIpc) is 2.82. The first-order valence-electron chi connectivity index (χ1n) is 5.41. The maximum absolute atomic E-state index is 9.23. The number of likely N-dealkylation sites (tertiary alicyclic amines) is 1. The summed E-state index contributed by atoms with van der Waals surface area (Å²) in [5, 5.41) is 12.8. The highest BCUT2D eigenvalue weighted by atomic mass is 16.3. The van der Waals surface area contributed by atoms with Crippen molar-refractivity contribution in [2.24, 2.45) is 0 Å². The minimum Gasteiger partial charge on any atom is -0.392 e. The van der Waals surface area contributed by atoms with Gasteiger partial charge >= 0.3 is 0 Å². The van der Waals surface area contributed by atoms with Gasteiger partial charge in [0.25, 0.3) is 0 Å². The molecule has 0 radical (unpaired) electrons. The van der Waals surface area contributed by atoms with Crippen LogP contribution in [0.15, 0.2) is 0 Å². The fourth-order valence-corrected chi connectivity index (χ4v) is 1.90. The highest BCUT2D eigenvalue weighted by Crippen LogP contribution is 2.21. The van der Waals surface area contributed by atoms with Gasteiger partial charge in [0.1, 0.15) is 0 Å². The Labute approximate surface area is 80.1 Å². The minimum absolute atomic E-state index is 0.177. The van der Waals surface area contributed by atoms with Crippen LogP contribution in [0, 0.1) is 0 Å². The molecule has 3 nitrogen and oxygen atoms in total. The van der Waals surface area contributed by atoms with E-state index in [0.29, 0.717) is 6.04 Å². The topological polar surface area (TPSA) is 35.5 Å². The molecule has 0 aromatic carbocycles. The lowest BCUT2D eigenvalue weighted by molar-refractivity contribution is 0.0382. The SMILES string of the molecule is CC(O)CN1CCC1CNC1CC1. The van der Waals surface area contributed by atoms with Crippen molar-refractivity contribution in [1.29, 1.82) is 0 Å². The van der Waals surface area contributed by atoms with E-state index in [1.807, 2.05) is 6.92 Å². The molecular formula is C10H20N2O. The molecule has 0 aromatic rings. The van der Waals surface area contributed by atoms with Crippen molar-refractivity contribution >= 4 is 0 Å². The van der Waals surface area contributed by atoms with Gasteiger partial charge in [-0.25, -0.2) is 0 Å². The summed E-state index contributed by atoms with van der Waals surface area (Å²) in [5.41, 5.74) is 0. The molecule has 0 bridgehead atoms. The van der Waals surface area contributed by atoms with E-state index in [9.17, 15) is 5.11 Å². The number of rotatable bonds is 5. The Balaban J connectivity index is 1.62. The van der Waals surface area contributed by atoms with Gasteiger partial charge in [0, 0.05) is 31.7 Å². The van der Waals surface area contributed by atoms with Gasteiger partial charge in [0.05, 0.1) is 6.10 Å². The normalized spacial score (nSPS) is 31.4. The van der Waals surface area contributed by atoms with E-state index in [-0.39, 0.29) is 6.10 Å². The van der Waals surface area contributed by atoms with Crippen molar-refractivity contribution in [3.63, 3.8) is 0 Å². The van der Waals surface area contributed by atoms with Gasteiger partial charge < -0.3 is 10.4 Å². The largest absolute Gasteiger partial charge is 0.392 e. The summed E-state index contributed by atoms with van der Waals surface area (Å²) in [7, 11) is 0. The highest BCUT2D eigenvalue weighted by molar-refractivity contribution is 4.89. The van der Waals surface area contributed by atoms with Crippen LogP contribution < -0.4 is 5.32 Å². The summed E-state index contributed by atoms with van der Waals surface area (Å²) in [6, 6.07) is 1.50. The standard InChI is InChI=1S/C10H20N2O/c1-8(13)7-12-5-4-10(12)6-11-9-2-3-9/h8-11,13H,2-7H2,1H3. The van der Waals surface area contributed by atoms with Crippen molar-refractivity contribution in [2.75, 3.05) is 19.6 Å². The molecule has 2 aliphatic rings. The van der Waals surface area contributed by atoms with E-state index in [1.165, 1.54) is 25.8 Å². The van der Waals surface area contributed by atoms with Crippen molar-refractivity contribution < 1.29 is 5.11 Å². The fraction of sp³-hybridized carbons (Fsp3) is 1.00. The monoisotopic (exact) mass is 184 g/mol. The van der Waals surface area contributed by atoms with Crippen molar-refractivity contribution in [3.05, 3.63) is 0 Å². The molecule has 2 unspecified atom stereocenters. The lowest BCUT2D eigenvalue weighted by Gasteiger charge is -2.41. The van der Waals surface area contributed by atoms with Gasteiger partial charge in [-0.05, 0) is 26.2 Å². The van der Waals surface area contributed by atoms with Gasteiger partial charge in [-0.15, -0.1) is 0 Å². The molecule has 2 rings (SSSR count). The molecule has 1 heterocycles. The zero-order valence-electron chi connectivity index (χ0n) is 8.37. The van der Waals surface area contributed by atoms with E-state index in [0.717, 1.165) is 19.1 Å². The van der Waals surface area contributed by atoms with Gasteiger partial charge in [0.15, 0.2) is 0 Å². The molecule has 1 aliphatic carbocycles. The Morgan fingerprint density at radius 1 is 1.46 bits per heavy atom. The molecule has 1 aliphatic heterocycles. The predicted molar refractivity (Wildman–Crippen MR) is 52.7 cm³/mol. The Morgan fingerprint density at radius 3 is 2.69 bits per heavy atom. The van der Waals surface area contributed by atoms with Gasteiger partial charge in [0.2, 0.25) is 0 Å². The molecular weight excluding hydrogens is 164 g/mol. The highest BCUT2D eigenvalue weighted by Gasteiger charge is 2.30. The predicted octanol–water partition coefficient (Wildman–Crippen LogP) is 0.194. The number of hydrogen-bond acceptors (Lipinski definition) is 3. The van der Waals surface area contributed by atoms with Crippen LogP contribution in [0.4, 0.5) is 0 Å². The maximum Gasteiger partial charge on any atom is 0.0639 e. The molecule has 0 spiro atoms. The van der Waals surface area contributed by atoms with E-state index < -0.39 is 0 Å². The lowest BCUT2D eigenvalue weighted by atomic mass is 10.0. The first-order chi connectivity index (χ1) is 6.25. The second kappa shape index (κ2) is 3.95. The zero-order valence-corrected chi connectivity index (χ0v) is 8.37. The van der Waals surface area contributed by atoms with E-state index >= 15 is 0 Å². The van der Waals surface area contributed by atoms with Crippen LogP contribution in [0.25, 0.3) is 0 Å². The van der Waals surface area contributed by atoms with Crippen LogP contribution in [0.2, 0.25) is 0 Å². The number of nitrogens with one attached hydrogen (secondary N) is 1. The molecule has 13 heavy (non-hydrogen) atoms. The minimum atomic E-state index is -0.177. The molecule has 1 saturated carbocycles. The van der Waals surface area contributed by atoms with Crippen molar-refractivity contribution in [2.45, 2.75) is 44.4 Å². The molecule has 0 amide bonds.